The van der Waals surface area contributed by atoms with Crippen molar-refractivity contribution in [2.45, 2.75) is 37.7 Å². The number of amides is 1. The minimum absolute atomic E-state index is 0.0286. The van der Waals surface area contributed by atoms with Gasteiger partial charge in [-0.3, -0.25) is 9.59 Å². The van der Waals surface area contributed by atoms with Gasteiger partial charge in [-0.25, -0.2) is 4.79 Å². The van der Waals surface area contributed by atoms with Crippen LogP contribution in [0.15, 0.2) is 22.5 Å². The number of nitrogens with two attached hydrogens (primary N) is 1. The maximum atomic E-state index is 13.5. The first-order valence-electron chi connectivity index (χ1n) is 9.15. The molecule has 144 valence electrons. The van der Waals surface area contributed by atoms with Gasteiger partial charge in [0.2, 0.25) is 11.6 Å². The monoisotopic (exact) mass is 374 g/mol. The fourth-order valence-corrected chi connectivity index (χ4v) is 5.17. The third kappa shape index (κ3) is 1.93. The van der Waals surface area contributed by atoms with E-state index < -0.39 is 17.7 Å². The Balaban J connectivity index is 1.62. The lowest BCUT2D eigenvalue weighted by Gasteiger charge is -2.39. The summed E-state index contributed by atoms with van der Waals surface area (Å²) in [6.07, 6.45) is -0.916. The molecule has 5 atom stereocenters. The Kier molecular flexibility index (Phi) is 3.17. The number of rotatable bonds is 4. The Morgan fingerprint density at radius 1 is 1.30 bits per heavy atom. The first-order valence-corrected chi connectivity index (χ1v) is 9.15. The molecule has 4 heterocycles. The Labute approximate surface area is 156 Å². The fraction of sp³-hybridized carbons (Fsp3) is 0.611. The molecule has 9 nitrogen and oxygen atoms in total. The van der Waals surface area contributed by atoms with Gasteiger partial charge in [0.1, 0.15) is 6.61 Å². The molecule has 3 N–H and O–H groups in total. The number of allylic oxidation sites excluding steroid dienone is 2. The molecule has 3 fully saturated rings. The van der Waals surface area contributed by atoms with Crippen LogP contribution >= 0.6 is 0 Å². The highest BCUT2D eigenvalue weighted by Crippen LogP contribution is 2.56. The van der Waals surface area contributed by atoms with Crippen molar-refractivity contribution in [2.24, 2.45) is 11.7 Å². The third-order valence-electron chi connectivity index (χ3n) is 6.54. The highest BCUT2D eigenvalue weighted by molar-refractivity contribution is 6.25. The molecule has 0 saturated carbocycles. The number of ether oxygens (including phenoxy) is 2. The van der Waals surface area contributed by atoms with Crippen molar-refractivity contribution in [3.05, 3.63) is 22.5 Å². The number of nitrogens with zero attached hydrogens (tertiary/aromatic N) is 2. The van der Waals surface area contributed by atoms with Gasteiger partial charge >= 0.3 is 6.09 Å². The van der Waals surface area contributed by atoms with Crippen LogP contribution < -0.4 is 11.1 Å². The van der Waals surface area contributed by atoms with Crippen LogP contribution in [0.5, 0.6) is 0 Å². The van der Waals surface area contributed by atoms with Gasteiger partial charge in [0.25, 0.3) is 0 Å². The van der Waals surface area contributed by atoms with Crippen molar-refractivity contribution in [3.63, 3.8) is 0 Å². The Morgan fingerprint density at radius 3 is 2.59 bits per heavy atom. The molecular formula is C18H22N4O5. The number of methoxy groups -OCH3 is 1. The van der Waals surface area contributed by atoms with Crippen LogP contribution in [-0.2, 0) is 19.1 Å². The number of hydrogen-bond donors (Lipinski definition) is 2. The number of carbonyl (C=O) groups excluding carboxylic acids is 3. The lowest BCUT2D eigenvalue weighted by Crippen LogP contribution is -2.55. The molecule has 1 amide bonds. The molecule has 2 unspecified atom stereocenters. The second-order valence-corrected chi connectivity index (χ2v) is 7.90. The Bertz CT molecular complexity index is 864. The lowest BCUT2D eigenvalue weighted by atomic mass is 9.82. The molecule has 0 spiro atoms. The van der Waals surface area contributed by atoms with E-state index in [1.54, 1.807) is 14.0 Å². The number of carbonyl (C=O) groups is 3. The molecule has 9 heteroatoms. The zero-order chi connectivity index (χ0) is 19.2. The van der Waals surface area contributed by atoms with E-state index in [4.69, 9.17) is 15.2 Å². The largest absolute Gasteiger partial charge is 0.449 e. The minimum Gasteiger partial charge on any atom is -0.449 e. The van der Waals surface area contributed by atoms with Crippen molar-refractivity contribution in [1.29, 1.82) is 0 Å². The quantitative estimate of drug-likeness (QED) is 0.479. The first-order chi connectivity index (χ1) is 12.8. The molecule has 27 heavy (non-hydrogen) atoms. The summed E-state index contributed by atoms with van der Waals surface area (Å²) in [4.78, 5) is 41.8. The standard InChI is InChI=1S/C18H22N4O5/c1-7-4-21(7)12-8(2)14(23)13-11(15(12)24)9(6-27-17(19)25)18(26-3)16-10(20-16)5-22(13)18/h7,9-10,16,20H,4-6H2,1-3H3,(H2,19,25)/t7?,9-,10+,16+,18?,21?/m0/s1. The van der Waals surface area contributed by atoms with Crippen molar-refractivity contribution in [3.8, 4) is 0 Å². The Hall–Kier alpha value is -2.39. The van der Waals surface area contributed by atoms with E-state index in [1.807, 2.05) is 16.7 Å². The number of Topliss-reactive ketones (excluding diaryl/α,β-unsaturated/α-hetero) is 2. The van der Waals surface area contributed by atoms with Crippen molar-refractivity contribution in [1.82, 2.24) is 15.1 Å². The smallest absolute Gasteiger partial charge is 0.404 e. The molecule has 5 aliphatic rings. The molecule has 0 aromatic rings. The van der Waals surface area contributed by atoms with Crippen LogP contribution in [0.4, 0.5) is 4.79 Å². The van der Waals surface area contributed by atoms with Crippen molar-refractivity contribution < 1.29 is 23.9 Å². The van der Waals surface area contributed by atoms with Gasteiger partial charge < -0.3 is 30.3 Å². The van der Waals surface area contributed by atoms with E-state index in [2.05, 4.69) is 5.32 Å². The normalized spacial score (nSPS) is 38.9. The van der Waals surface area contributed by atoms with Crippen LogP contribution in [0, 0.1) is 5.92 Å². The second-order valence-electron chi connectivity index (χ2n) is 7.90. The number of piperazine rings is 1. The molecule has 0 radical (unpaired) electrons. The second kappa shape index (κ2) is 5.11. The third-order valence-corrected chi connectivity index (χ3v) is 6.54. The molecule has 1 aliphatic carbocycles. The number of fused-ring (bicyclic) bond motifs is 4. The molecular weight excluding hydrogens is 352 g/mol. The summed E-state index contributed by atoms with van der Waals surface area (Å²) in [5.41, 5.74) is 5.97. The van der Waals surface area contributed by atoms with Gasteiger partial charge in [0, 0.05) is 43.4 Å². The van der Waals surface area contributed by atoms with E-state index in [9.17, 15) is 14.4 Å². The first kappa shape index (κ1) is 16.8. The van der Waals surface area contributed by atoms with E-state index in [-0.39, 0.29) is 36.3 Å². The number of ketones is 2. The van der Waals surface area contributed by atoms with E-state index >= 15 is 0 Å². The average molecular weight is 374 g/mol. The average Bonchev–Trinajstić information content (AvgIpc) is 3.49. The van der Waals surface area contributed by atoms with Gasteiger partial charge in [0.15, 0.2) is 5.72 Å². The number of hydrogen-bond acceptors (Lipinski definition) is 8. The van der Waals surface area contributed by atoms with Gasteiger partial charge in [0.05, 0.1) is 23.4 Å². The summed E-state index contributed by atoms with van der Waals surface area (Å²) in [5.74, 6) is -0.902. The summed E-state index contributed by atoms with van der Waals surface area (Å²) in [5, 5.41) is 3.34. The predicted octanol–water partition coefficient (Wildman–Crippen LogP) is -0.906. The summed E-state index contributed by atoms with van der Waals surface area (Å²) in [6.45, 7) is 4.94. The zero-order valence-electron chi connectivity index (χ0n) is 15.4. The highest BCUT2D eigenvalue weighted by Gasteiger charge is 2.73. The maximum Gasteiger partial charge on any atom is 0.404 e. The van der Waals surface area contributed by atoms with Gasteiger partial charge in [-0.05, 0) is 13.8 Å². The van der Waals surface area contributed by atoms with Crippen LogP contribution in [0.25, 0.3) is 0 Å². The predicted molar refractivity (Wildman–Crippen MR) is 92.1 cm³/mol. The van der Waals surface area contributed by atoms with Crippen LogP contribution in [0.2, 0.25) is 0 Å². The van der Waals surface area contributed by atoms with Gasteiger partial charge in [-0.2, -0.15) is 0 Å². The van der Waals surface area contributed by atoms with Crippen molar-refractivity contribution in [2.75, 3.05) is 26.8 Å². The number of primary amides is 1. The molecule has 0 aromatic heterocycles. The molecule has 0 bridgehead atoms. The summed E-state index contributed by atoms with van der Waals surface area (Å²) < 4.78 is 11.0. The highest BCUT2D eigenvalue weighted by atomic mass is 16.6. The van der Waals surface area contributed by atoms with Gasteiger partial charge in [-0.15, -0.1) is 0 Å². The minimum atomic E-state index is -0.920. The molecule has 0 aromatic carbocycles. The van der Waals surface area contributed by atoms with E-state index in [0.29, 0.717) is 29.1 Å². The van der Waals surface area contributed by atoms with Crippen LogP contribution in [0.1, 0.15) is 13.8 Å². The van der Waals surface area contributed by atoms with Crippen LogP contribution in [-0.4, -0.2) is 78.1 Å². The number of nitrogens with one attached hydrogen (secondary N) is 1. The maximum absolute atomic E-state index is 13.5. The Morgan fingerprint density at radius 2 is 2.00 bits per heavy atom. The summed E-state index contributed by atoms with van der Waals surface area (Å²) >= 11 is 0. The summed E-state index contributed by atoms with van der Waals surface area (Å²) in [6, 6.07) is 0.399. The van der Waals surface area contributed by atoms with E-state index in [1.165, 1.54) is 0 Å². The molecule has 5 rings (SSSR count). The molecule has 3 saturated heterocycles. The SMILES string of the molecule is COC12[C@@H]3N[C@@H]3CN1C1=C(C(=O)C(N3CC3C)=C(C)C1=O)[C@@H]2COC(N)=O. The zero-order valence-corrected chi connectivity index (χ0v) is 15.4. The topological polar surface area (TPSA) is 124 Å². The van der Waals surface area contributed by atoms with Gasteiger partial charge in [-0.1, -0.05) is 0 Å². The van der Waals surface area contributed by atoms with E-state index in [0.717, 1.165) is 6.54 Å². The lowest BCUT2D eigenvalue weighted by molar-refractivity contribution is -0.137. The fourth-order valence-electron chi connectivity index (χ4n) is 5.17. The molecule has 4 aliphatic heterocycles. The van der Waals surface area contributed by atoms with Crippen LogP contribution in [0.3, 0.4) is 0 Å². The van der Waals surface area contributed by atoms with Crippen molar-refractivity contribution >= 4 is 17.7 Å². The summed E-state index contributed by atoms with van der Waals surface area (Å²) in [7, 11) is 1.56.